The van der Waals surface area contributed by atoms with E-state index in [9.17, 15) is 4.79 Å². The van der Waals surface area contributed by atoms with E-state index in [2.05, 4.69) is 25.0 Å². The van der Waals surface area contributed by atoms with Gasteiger partial charge in [-0.3, -0.25) is 0 Å². The lowest BCUT2D eigenvalue weighted by atomic mass is 10.3. The average molecular weight is 242 g/mol. The van der Waals surface area contributed by atoms with Gasteiger partial charge < -0.3 is 19.5 Å². The predicted molar refractivity (Wildman–Crippen MR) is 58.0 cm³/mol. The molecule has 0 fully saturated rings. The molecule has 0 saturated heterocycles. The highest BCUT2D eigenvalue weighted by atomic mass is 16.5. The third kappa shape index (κ3) is 3.44. The normalized spacial score (nSPS) is 11.5. The highest BCUT2D eigenvalue weighted by Crippen LogP contribution is 2.12. The first kappa shape index (κ1) is 12.9. The molecule has 1 aromatic rings. The molecular weight excluding hydrogens is 228 g/mol. The number of aromatic nitrogens is 3. The van der Waals surface area contributed by atoms with Crippen molar-refractivity contribution in [2.24, 2.45) is 0 Å². The van der Waals surface area contributed by atoms with Gasteiger partial charge in [0.05, 0.1) is 21.3 Å². The fourth-order valence-electron chi connectivity index (χ4n) is 1.01. The Morgan fingerprint density at radius 2 is 1.65 bits per heavy atom. The Balaban J connectivity index is 2.86. The molecule has 1 unspecified atom stereocenters. The molecule has 1 rings (SSSR count). The van der Waals surface area contributed by atoms with E-state index >= 15 is 0 Å². The van der Waals surface area contributed by atoms with Crippen LogP contribution in [-0.2, 0) is 9.53 Å². The highest BCUT2D eigenvalue weighted by Gasteiger charge is 2.15. The van der Waals surface area contributed by atoms with Crippen LogP contribution in [0.15, 0.2) is 0 Å². The van der Waals surface area contributed by atoms with E-state index in [1.165, 1.54) is 21.3 Å². The van der Waals surface area contributed by atoms with E-state index in [0.29, 0.717) is 0 Å². The number of esters is 1. The van der Waals surface area contributed by atoms with Gasteiger partial charge in [-0.15, -0.1) is 4.98 Å². The van der Waals surface area contributed by atoms with E-state index in [1.807, 2.05) is 0 Å². The maximum Gasteiger partial charge on any atom is 0.328 e. The molecule has 0 bridgehead atoms. The van der Waals surface area contributed by atoms with Crippen molar-refractivity contribution < 1.29 is 19.0 Å². The van der Waals surface area contributed by atoms with Gasteiger partial charge in [0.2, 0.25) is 5.95 Å². The van der Waals surface area contributed by atoms with Gasteiger partial charge in [0, 0.05) is 0 Å². The van der Waals surface area contributed by atoms with Crippen molar-refractivity contribution in [3.63, 3.8) is 0 Å². The molecule has 1 atom stereocenters. The number of carbonyl (C=O) groups is 1. The summed E-state index contributed by atoms with van der Waals surface area (Å²) >= 11 is 0. The third-order valence-electron chi connectivity index (χ3n) is 1.86. The molecule has 0 spiro atoms. The van der Waals surface area contributed by atoms with Gasteiger partial charge in [0.15, 0.2) is 0 Å². The van der Waals surface area contributed by atoms with E-state index in [4.69, 9.17) is 9.47 Å². The first-order valence-corrected chi connectivity index (χ1v) is 4.79. The topological polar surface area (TPSA) is 95.5 Å². The monoisotopic (exact) mass is 242 g/mol. The average Bonchev–Trinajstić information content (AvgIpc) is 2.36. The molecule has 8 nitrogen and oxygen atoms in total. The van der Waals surface area contributed by atoms with Crippen LogP contribution in [0.1, 0.15) is 6.92 Å². The van der Waals surface area contributed by atoms with Crippen molar-refractivity contribution in [3.05, 3.63) is 0 Å². The lowest BCUT2D eigenvalue weighted by Crippen LogP contribution is -2.28. The van der Waals surface area contributed by atoms with Crippen LogP contribution in [0, 0.1) is 0 Å². The summed E-state index contributed by atoms with van der Waals surface area (Å²) in [5.74, 6) is -0.255. The van der Waals surface area contributed by atoms with E-state index < -0.39 is 12.0 Å². The number of methoxy groups -OCH3 is 3. The molecule has 17 heavy (non-hydrogen) atoms. The number of hydrogen-bond acceptors (Lipinski definition) is 8. The number of hydrogen-bond donors (Lipinski definition) is 1. The first-order chi connectivity index (χ1) is 8.10. The Labute approximate surface area is 98.3 Å². The van der Waals surface area contributed by atoms with Crippen LogP contribution in [0.2, 0.25) is 0 Å². The second kappa shape index (κ2) is 5.83. The fraction of sp³-hybridized carbons (Fsp3) is 0.556. The Kier molecular flexibility index (Phi) is 4.44. The van der Waals surface area contributed by atoms with Crippen LogP contribution in [0.4, 0.5) is 5.95 Å². The van der Waals surface area contributed by atoms with Gasteiger partial charge in [-0.25, -0.2) is 4.79 Å². The zero-order valence-electron chi connectivity index (χ0n) is 10.1. The summed E-state index contributed by atoms with van der Waals surface area (Å²) in [7, 11) is 4.14. The van der Waals surface area contributed by atoms with Crippen LogP contribution < -0.4 is 14.8 Å². The quantitative estimate of drug-likeness (QED) is 0.713. The fourth-order valence-corrected chi connectivity index (χ4v) is 1.01. The van der Waals surface area contributed by atoms with Crippen molar-refractivity contribution in [3.8, 4) is 12.0 Å². The molecule has 1 heterocycles. The molecule has 0 aliphatic heterocycles. The molecule has 0 amide bonds. The zero-order valence-corrected chi connectivity index (χ0v) is 10.1. The summed E-state index contributed by atoms with van der Waals surface area (Å²) in [6, 6.07) is -0.398. The maximum absolute atomic E-state index is 11.2. The lowest BCUT2D eigenvalue weighted by molar-refractivity contribution is -0.141. The molecule has 0 saturated carbocycles. The molecule has 0 aliphatic carbocycles. The van der Waals surface area contributed by atoms with Crippen LogP contribution in [0.3, 0.4) is 0 Å². The molecule has 0 aliphatic rings. The predicted octanol–water partition coefficient (Wildman–Crippen LogP) is -0.138. The Morgan fingerprint density at radius 1 is 1.12 bits per heavy atom. The molecule has 1 N–H and O–H groups in total. The highest BCUT2D eigenvalue weighted by molar-refractivity contribution is 5.77. The Hall–Kier alpha value is -2.12. The van der Waals surface area contributed by atoms with Crippen LogP contribution >= 0.6 is 0 Å². The molecule has 0 aromatic carbocycles. The number of rotatable bonds is 5. The third-order valence-corrected chi connectivity index (χ3v) is 1.86. The summed E-state index contributed by atoms with van der Waals surface area (Å²) < 4.78 is 14.3. The summed E-state index contributed by atoms with van der Waals surface area (Å²) in [6.07, 6.45) is 0. The smallest absolute Gasteiger partial charge is 0.328 e. The molecular formula is C9H14N4O4. The maximum atomic E-state index is 11.2. The number of ether oxygens (including phenoxy) is 3. The Morgan fingerprint density at radius 3 is 2.06 bits per heavy atom. The summed E-state index contributed by atoms with van der Waals surface area (Å²) in [4.78, 5) is 22.9. The number of nitrogens with one attached hydrogen (secondary N) is 1. The number of anilines is 1. The zero-order chi connectivity index (χ0) is 12.8. The minimum atomic E-state index is -0.586. The van der Waals surface area contributed by atoms with Crippen molar-refractivity contribution >= 4 is 11.9 Å². The van der Waals surface area contributed by atoms with Gasteiger partial charge in [0.1, 0.15) is 6.04 Å². The number of nitrogens with zero attached hydrogens (tertiary/aromatic N) is 3. The van der Waals surface area contributed by atoms with E-state index in [1.54, 1.807) is 6.92 Å². The van der Waals surface area contributed by atoms with Crippen molar-refractivity contribution in [1.82, 2.24) is 15.0 Å². The summed E-state index contributed by atoms with van der Waals surface area (Å²) in [6.45, 7) is 1.62. The summed E-state index contributed by atoms with van der Waals surface area (Å²) in [5, 5.41) is 2.75. The van der Waals surface area contributed by atoms with Crippen molar-refractivity contribution in [2.45, 2.75) is 13.0 Å². The molecule has 0 radical (unpaired) electrons. The largest absolute Gasteiger partial charge is 0.467 e. The van der Waals surface area contributed by atoms with Crippen molar-refractivity contribution in [2.75, 3.05) is 26.6 Å². The van der Waals surface area contributed by atoms with Gasteiger partial charge in [0.25, 0.3) is 0 Å². The van der Waals surface area contributed by atoms with E-state index in [0.717, 1.165) is 0 Å². The SMILES string of the molecule is COC(=O)C(C)Nc1nc(OC)nc(OC)n1. The minimum Gasteiger partial charge on any atom is -0.467 e. The molecule has 94 valence electrons. The van der Waals surface area contributed by atoms with Gasteiger partial charge in [-0.2, -0.15) is 9.97 Å². The molecule has 8 heteroatoms. The van der Waals surface area contributed by atoms with Gasteiger partial charge in [-0.1, -0.05) is 0 Å². The van der Waals surface area contributed by atoms with Gasteiger partial charge in [-0.05, 0) is 6.92 Å². The van der Waals surface area contributed by atoms with Crippen LogP contribution in [-0.4, -0.2) is 48.3 Å². The lowest BCUT2D eigenvalue weighted by Gasteiger charge is -2.11. The Bertz CT molecular complexity index is 376. The van der Waals surface area contributed by atoms with Crippen LogP contribution in [0.25, 0.3) is 0 Å². The second-order valence-electron chi connectivity index (χ2n) is 3.02. The standard InChI is InChI=1S/C9H14N4O4/c1-5(6(14)15-2)10-7-11-8(16-3)13-9(12-7)17-4/h5H,1-4H3,(H,10,11,12,13). The second-order valence-corrected chi connectivity index (χ2v) is 3.02. The van der Waals surface area contributed by atoms with Crippen molar-refractivity contribution in [1.29, 1.82) is 0 Å². The first-order valence-electron chi connectivity index (χ1n) is 4.79. The summed E-state index contributed by atoms with van der Waals surface area (Å²) in [5.41, 5.74) is 0. The molecule has 1 aromatic heterocycles. The van der Waals surface area contributed by atoms with Crippen LogP contribution in [0.5, 0.6) is 12.0 Å². The van der Waals surface area contributed by atoms with E-state index in [-0.39, 0.29) is 18.0 Å². The van der Waals surface area contributed by atoms with Gasteiger partial charge >= 0.3 is 18.0 Å². The minimum absolute atomic E-state index is 0.0939. The number of carbonyl (C=O) groups excluding carboxylic acids is 1.